The molecule has 1 aliphatic heterocycles. The van der Waals surface area contributed by atoms with E-state index in [1.54, 1.807) is 0 Å². The molecular weight excluding hydrogens is 424 g/mol. The van der Waals surface area contributed by atoms with Crippen molar-refractivity contribution in [1.82, 2.24) is 9.80 Å². The van der Waals surface area contributed by atoms with Gasteiger partial charge in [0.1, 0.15) is 6.17 Å². The predicted molar refractivity (Wildman–Crippen MR) is 159 cm³/mol. The van der Waals surface area contributed by atoms with Crippen LogP contribution in [-0.4, -0.2) is 29.1 Å². The van der Waals surface area contributed by atoms with Crippen molar-refractivity contribution in [3.05, 3.63) is 12.4 Å². The van der Waals surface area contributed by atoms with Crippen molar-refractivity contribution in [2.75, 3.05) is 13.1 Å². The van der Waals surface area contributed by atoms with Crippen LogP contribution < -0.4 is 0 Å². The van der Waals surface area contributed by atoms with Crippen LogP contribution in [0.5, 0.6) is 0 Å². The molecule has 1 atom stereocenters. The molecule has 1 rings (SSSR count). The second-order valence-electron chi connectivity index (χ2n) is 11.9. The third-order valence-electron chi connectivity index (χ3n) is 8.02. The Labute approximate surface area is 222 Å². The Morgan fingerprint density at radius 3 is 0.943 bits per heavy atom. The average Bonchev–Trinajstić information content (AvgIpc) is 3.26. The number of hydrogen-bond donors (Lipinski definition) is 0. The first-order valence-electron chi connectivity index (χ1n) is 16.4. The fourth-order valence-corrected chi connectivity index (χ4v) is 5.81. The lowest BCUT2D eigenvalue weighted by atomic mass is 10.0. The van der Waals surface area contributed by atoms with Crippen LogP contribution in [0, 0.1) is 5.92 Å². The maximum absolute atomic E-state index is 2.64. The second kappa shape index (κ2) is 23.7. The molecule has 0 amide bonds. The van der Waals surface area contributed by atoms with Gasteiger partial charge in [0.15, 0.2) is 0 Å². The number of rotatable bonds is 26. The van der Waals surface area contributed by atoms with Gasteiger partial charge in [-0.05, 0) is 18.8 Å². The topological polar surface area (TPSA) is 6.48 Å². The highest BCUT2D eigenvalue weighted by Gasteiger charge is 2.28. The molecule has 0 N–H and O–H groups in total. The summed E-state index contributed by atoms with van der Waals surface area (Å²) in [6, 6.07) is 0. The summed E-state index contributed by atoms with van der Waals surface area (Å²) in [6.07, 6.45) is 38.3. The maximum atomic E-state index is 2.64. The average molecular weight is 491 g/mol. The van der Waals surface area contributed by atoms with E-state index in [2.05, 4.69) is 49.9 Å². The van der Waals surface area contributed by atoms with E-state index < -0.39 is 0 Å². The molecule has 0 saturated carbocycles. The molecule has 0 spiro atoms. The minimum Gasteiger partial charge on any atom is -0.356 e. The fourth-order valence-electron chi connectivity index (χ4n) is 5.81. The molecule has 0 saturated heterocycles. The van der Waals surface area contributed by atoms with Crippen molar-refractivity contribution in [2.45, 2.75) is 182 Å². The van der Waals surface area contributed by atoms with Gasteiger partial charge < -0.3 is 9.80 Å². The molecule has 208 valence electrons. The van der Waals surface area contributed by atoms with E-state index in [9.17, 15) is 0 Å². The van der Waals surface area contributed by atoms with Gasteiger partial charge >= 0.3 is 0 Å². The third kappa shape index (κ3) is 17.4. The SMILES string of the molecule is CCCCCCCCCCCCCCN1C=CN(CCCCCCCCCCCCC)C1C(C)C. The van der Waals surface area contributed by atoms with Crippen molar-refractivity contribution < 1.29 is 0 Å². The minimum absolute atomic E-state index is 0.589. The summed E-state index contributed by atoms with van der Waals surface area (Å²) in [7, 11) is 0. The highest BCUT2D eigenvalue weighted by atomic mass is 15.4. The van der Waals surface area contributed by atoms with E-state index in [1.165, 1.54) is 161 Å². The molecule has 0 bridgehead atoms. The minimum atomic E-state index is 0.589. The molecule has 1 unspecified atom stereocenters. The van der Waals surface area contributed by atoms with Gasteiger partial charge in [-0.2, -0.15) is 0 Å². The normalized spacial score (nSPS) is 15.7. The Morgan fingerprint density at radius 2 is 0.686 bits per heavy atom. The van der Waals surface area contributed by atoms with Crippen molar-refractivity contribution in [3.63, 3.8) is 0 Å². The zero-order valence-electron chi connectivity index (χ0n) is 24.9. The molecule has 2 heteroatoms. The molecule has 1 aliphatic rings. The van der Waals surface area contributed by atoms with Crippen molar-refractivity contribution in [3.8, 4) is 0 Å². The largest absolute Gasteiger partial charge is 0.356 e. The lowest BCUT2D eigenvalue weighted by Gasteiger charge is -2.36. The molecule has 2 nitrogen and oxygen atoms in total. The highest BCUT2D eigenvalue weighted by Crippen LogP contribution is 2.24. The van der Waals surface area contributed by atoms with Gasteiger partial charge in [-0.15, -0.1) is 0 Å². The smallest absolute Gasteiger partial charge is 0.103 e. The number of unbranched alkanes of at least 4 members (excludes halogenated alkanes) is 21. The van der Waals surface area contributed by atoms with Gasteiger partial charge in [0, 0.05) is 25.5 Å². The zero-order valence-corrected chi connectivity index (χ0v) is 24.9. The quantitative estimate of drug-likeness (QED) is 0.111. The summed E-state index contributed by atoms with van der Waals surface area (Å²) in [5, 5.41) is 0. The van der Waals surface area contributed by atoms with Gasteiger partial charge in [0.05, 0.1) is 0 Å². The van der Waals surface area contributed by atoms with Gasteiger partial charge in [-0.25, -0.2) is 0 Å². The summed E-state index contributed by atoms with van der Waals surface area (Å²) in [4.78, 5) is 5.28. The fraction of sp³-hybridized carbons (Fsp3) is 0.939. The molecule has 0 aliphatic carbocycles. The van der Waals surface area contributed by atoms with Crippen LogP contribution in [0.1, 0.15) is 175 Å². The number of hydrogen-bond acceptors (Lipinski definition) is 2. The Morgan fingerprint density at radius 1 is 0.429 bits per heavy atom. The predicted octanol–water partition coefficient (Wildman–Crippen LogP) is 11.1. The zero-order chi connectivity index (χ0) is 25.4. The van der Waals surface area contributed by atoms with Crippen LogP contribution in [0.2, 0.25) is 0 Å². The first-order valence-corrected chi connectivity index (χ1v) is 16.4. The summed E-state index contributed by atoms with van der Waals surface area (Å²) >= 11 is 0. The van der Waals surface area contributed by atoms with Gasteiger partial charge in [-0.1, -0.05) is 163 Å². The van der Waals surface area contributed by atoms with E-state index in [-0.39, 0.29) is 0 Å². The van der Waals surface area contributed by atoms with E-state index >= 15 is 0 Å². The summed E-state index contributed by atoms with van der Waals surface area (Å²) in [5.41, 5.74) is 0. The molecule has 0 aromatic rings. The number of nitrogens with zero attached hydrogens (tertiary/aromatic N) is 2. The summed E-state index contributed by atoms with van der Waals surface area (Å²) in [6.45, 7) is 11.9. The third-order valence-corrected chi connectivity index (χ3v) is 8.02. The van der Waals surface area contributed by atoms with Crippen LogP contribution in [0.15, 0.2) is 12.4 Å². The Bertz CT molecular complexity index is 458. The van der Waals surface area contributed by atoms with Crippen molar-refractivity contribution in [2.24, 2.45) is 5.92 Å². The Balaban J connectivity index is 2.01. The first kappa shape index (κ1) is 32.4. The highest BCUT2D eigenvalue weighted by molar-refractivity contribution is 4.98. The summed E-state index contributed by atoms with van der Waals surface area (Å²) in [5.74, 6) is 0.690. The summed E-state index contributed by atoms with van der Waals surface area (Å²) < 4.78 is 0. The van der Waals surface area contributed by atoms with Crippen molar-refractivity contribution in [1.29, 1.82) is 0 Å². The lowest BCUT2D eigenvalue weighted by molar-refractivity contribution is 0.104. The first-order chi connectivity index (χ1) is 17.2. The van der Waals surface area contributed by atoms with Crippen molar-refractivity contribution >= 4 is 0 Å². The van der Waals surface area contributed by atoms with Crippen LogP contribution in [0.25, 0.3) is 0 Å². The lowest BCUT2D eigenvalue weighted by Crippen LogP contribution is -2.43. The molecule has 0 aromatic heterocycles. The molecule has 0 fully saturated rings. The van der Waals surface area contributed by atoms with Crippen LogP contribution >= 0.6 is 0 Å². The maximum Gasteiger partial charge on any atom is 0.103 e. The van der Waals surface area contributed by atoms with Gasteiger partial charge in [-0.3, -0.25) is 0 Å². The molecule has 1 heterocycles. The van der Waals surface area contributed by atoms with E-state index in [4.69, 9.17) is 0 Å². The van der Waals surface area contributed by atoms with Crippen LogP contribution in [0.3, 0.4) is 0 Å². The molecule has 35 heavy (non-hydrogen) atoms. The standard InChI is InChI=1S/C33H66N2/c1-5-7-9-11-13-15-17-19-21-23-25-27-29-35-31-30-34(33(35)32(3)4)28-26-24-22-20-18-16-14-12-10-8-6-2/h30-33H,5-29H2,1-4H3. The Hall–Kier alpha value is -0.660. The van der Waals surface area contributed by atoms with E-state index in [0.29, 0.717) is 12.1 Å². The van der Waals surface area contributed by atoms with Gasteiger partial charge in [0.2, 0.25) is 0 Å². The van der Waals surface area contributed by atoms with E-state index in [1.807, 2.05) is 0 Å². The molecule has 0 radical (unpaired) electrons. The monoisotopic (exact) mass is 491 g/mol. The van der Waals surface area contributed by atoms with Gasteiger partial charge in [0.25, 0.3) is 0 Å². The molecule has 0 aromatic carbocycles. The van der Waals surface area contributed by atoms with E-state index in [0.717, 1.165) is 0 Å². The molecular formula is C33H66N2. The van der Waals surface area contributed by atoms with Crippen LogP contribution in [-0.2, 0) is 0 Å². The van der Waals surface area contributed by atoms with Crippen LogP contribution in [0.4, 0.5) is 0 Å². The second-order valence-corrected chi connectivity index (χ2v) is 11.9. The Kier molecular flexibility index (Phi) is 21.9.